The predicted octanol–water partition coefficient (Wildman–Crippen LogP) is -0.330. The smallest absolute Gasteiger partial charge is 0.316 e. The summed E-state index contributed by atoms with van der Waals surface area (Å²) >= 11 is 0. The van der Waals surface area contributed by atoms with Gasteiger partial charge in [0, 0.05) is 39.0 Å². The van der Waals surface area contributed by atoms with E-state index in [1.54, 1.807) is 21.0 Å². The maximum Gasteiger partial charge on any atom is 0.316 e. The minimum absolute atomic E-state index is 0.101. The summed E-state index contributed by atoms with van der Waals surface area (Å²) in [6.45, 7) is 4.49. The molecule has 0 heterocycles. The van der Waals surface area contributed by atoms with Crippen molar-refractivity contribution in [2.45, 2.75) is 19.9 Å². The number of amides is 2. The fourth-order valence-corrected chi connectivity index (χ4v) is 2.32. The lowest BCUT2D eigenvalue weighted by Gasteiger charge is -2.15. The molecule has 0 saturated carbocycles. The largest absolute Gasteiger partial charge is 0.337 e. The van der Waals surface area contributed by atoms with Gasteiger partial charge < -0.3 is 15.5 Å². The molecule has 6 nitrogen and oxygen atoms in total. The van der Waals surface area contributed by atoms with Crippen LogP contribution >= 0.6 is 0 Å². The summed E-state index contributed by atoms with van der Waals surface area (Å²) in [6, 6.07) is -0.253. The Balaban J connectivity index is 3.73. The van der Waals surface area contributed by atoms with Gasteiger partial charge in [-0.1, -0.05) is 6.92 Å². The Labute approximate surface area is 104 Å². The van der Waals surface area contributed by atoms with E-state index in [1.807, 2.05) is 6.92 Å². The molecule has 102 valence electrons. The van der Waals surface area contributed by atoms with Gasteiger partial charge in [0.25, 0.3) is 0 Å². The molecular formula is C10H23N3O3S. The Kier molecular flexibility index (Phi) is 7.13. The normalized spacial score (nSPS) is 13.2. The maximum absolute atomic E-state index is 11.3. The Morgan fingerprint density at radius 3 is 2.35 bits per heavy atom. The van der Waals surface area contributed by atoms with E-state index in [0.717, 1.165) is 0 Å². The summed E-state index contributed by atoms with van der Waals surface area (Å²) in [5.41, 5.74) is 0. The number of carbonyl (C=O) groups is 1. The molecular weight excluding hydrogens is 242 g/mol. The van der Waals surface area contributed by atoms with E-state index in [4.69, 9.17) is 0 Å². The molecule has 1 atom stereocenters. The highest BCUT2D eigenvalue weighted by Gasteiger charge is 2.12. The molecule has 0 radical (unpaired) electrons. The van der Waals surface area contributed by atoms with Crippen molar-refractivity contribution in [1.82, 2.24) is 15.5 Å². The number of nitrogens with zero attached hydrogens (tertiary/aromatic N) is 1. The lowest BCUT2D eigenvalue weighted by Crippen LogP contribution is -2.41. The number of nitrogens with one attached hydrogen (secondary N) is 2. The van der Waals surface area contributed by atoms with E-state index >= 15 is 0 Å². The third-order valence-electron chi connectivity index (χ3n) is 2.24. The second kappa shape index (κ2) is 7.50. The summed E-state index contributed by atoms with van der Waals surface area (Å²) in [6.07, 6.45) is 0. The number of rotatable bonds is 7. The average Bonchev–Trinajstić information content (AvgIpc) is 2.23. The van der Waals surface area contributed by atoms with Gasteiger partial charge in [-0.05, 0) is 6.92 Å². The summed E-state index contributed by atoms with van der Waals surface area (Å²) in [5, 5.41) is 5.74. The van der Waals surface area contributed by atoms with Crippen molar-refractivity contribution in [3.63, 3.8) is 0 Å². The van der Waals surface area contributed by atoms with Gasteiger partial charge in [0.15, 0.2) is 9.84 Å². The molecule has 0 fully saturated rings. The van der Waals surface area contributed by atoms with Crippen LogP contribution in [0, 0.1) is 0 Å². The molecule has 0 aliphatic carbocycles. The molecule has 7 heteroatoms. The van der Waals surface area contributed by atoms with Crippen LogP contribution < -0.4 is 10.6 Å². The number of sulfone groups is 1. The van der Waals surface area contributed by atoms with Crippen molar-refractivity contribution < 1.29 is 13.2 Å². The highest BCUT2D eigenvalue weighted by Crippen LogP contribution is 1.93. The summed E-state index contributed by atoms with van der Waals surface area (Å²) in [4.78, 5) is 12.6. The zero-order valence-corrected chi connectivity index (χ0v) is 11.8. The van der Waals surface area contributed by atoms with Gasteiger partial charge in [0.2, 0.25) is 0 Å². The number of hydrogen-bond donors (Lipinski definition) is 2. The van der Waals surface area contributed by atoms with Gasteiger partial charge in [-0.2, -0.15) is 0 Å². The van der Waals surface area contributed by atoms with Gasteiger partial charge in [-0.25, -0.2) is 13.2 Å². The second-order valence-corrected chi connectivity index (χ2v) is 6.58. The van der Waals surface area contributed by atoms with Gasteiger partial charge in [-0.15, -0.1) is 0 Å². The van der Waals surface area contributed by atoms with E-state index < -0.39 is 9.84 Å². The second-order valence-electron chi connectivity index (χ2n) is 4.18. The summed E-state index contributed by atoms with van der Waals surface area (Å²) in [7, 11) is 0.388. The first-order valence-electron chi connectivity index (χ1n) is 5.67. The van der Waals surface area contributed by atoms with Gasteiger partial charge in [0.05, 0.1) is 5.75 Å². The van der Waals surface area contributed by atoms with Crippen LogP contribution in [0.3, 0.4) is 0 Å². The molecule has 0 bridgehead atoms. The van der Waals surface area contributed by atoms with Crippen LogP contribution in [-0.2, 0) is 9.84 Å². The fraction of sp³-hybridized carbons (Fsp3) is 0.900. The Morgan fingerprint density at radius 1 is 1.29 bits per heavy atom. The van der Waals surface area contributed by atoms with Crippen molar-refractivity contribution in [3.05, 3.63) is 0 Å². The third-order valence-corrected chi connectivity index (χ3v) is 4.13. The first-order chi connectivity index (χ1) is 7.78. The lowest BCUT2D eigenvalue weighted by atomic mass is 10.4. The highest BCUT2D eigenvalue weighted by atomic mass is 32.2. The first-order valence-corrected chi connectivity index (χ1v) is 7.49. The predicted molar refractivity (Wildman–Crippen MR) is 68.9 cm³/mol. The minimum Gasteiger partial charge on any atom is -0.337 e. The van der Waals surface area contributed by atoms with Crippen molar-refractivity contribution in [1.29, 1.82) is 0 Å². The van der Waals surface area contributed by atoms with E-state index in [0.29, 0.717) is 13.1 Å². The minimum atomic E-state index is -2.94. The molecule has 0 saturated heterocycles. The SMILES string of the molecule is CCS(=O)(=O)CC(C)NCCNC(=O)N(C)C. The van der Waals surface area contributed by atoms with Crippen LogP contribution in [0.25, 0.3) is 0 Å². The zero-order chi connectivity index (χ0) is 13.5. The third kappa shape index (κ3) is 7.98. The van der Waals surface area contributed by atoms with Gasteiger partial charge in [-0.3, -0.25) is 0 Å². The van der Waals surface area contributed by atoms with E-state index in [-0.39, 0.29) is 23.6 Å². The van der Waals surface area contributed by atoms with Gasteiger partial charge >= 0.3 is 6.03 Å². The molecule has 1 unspecified atom stereocenters. The van der Waals surface area contributed by atoms with Crippen LogP contribution in [0.15, 0.2) is 0 Å². The van der Waals surface area contributed by atoms with Crippen molar-refractivity contribution in [2.75, 3.05) is 38.7 Å². The molecule has 2 N–H and O–H groups in total. The maximum atomic E-state index is 11.3. The molecule has 2 amide bonds. The van der Waals surface area contributed by atoms with Crippen LogP contribution in [-0.4, -0.2) is 64.1 Å². The van der Waals surface area contributed by atoms with Gasteiger partial charge in [0.1, 0.15) is 0 Å². The topological polar surface area (TPSA) is 78.5 Å². The monoisotopic (exact) mass is 265 g/mol. The molecule has 17 heavy (non-hydrogen) atoms. The average molecular weight is 265 g/mol. The van der Waals surface area contributed by atoms with Crippen LogP contribution in [0.5, 0.6) is 0 Å². The Morgan fingerprint density at radius 2 is 1.88 bits per heavy atom. The molecule has 0 aromatic rings. The van der Waals surface area contributed by atoms with Crippen molar-refractivity contribution in [3.8, 4) is 0 Å². The molecule has 0 aliphatic heterocycles. The van der Waals surface area contributed by atoms with Crippen LogP contribution in [0.1, 0.15) is 13.8 Å². The molecule has 0 aliphatic rings. The number of hydrogen-bond acceptors (Lipinski definition) is 4. The molecule has 0 aromatic heterocycles. The quantitative estimate of drug-likeness (QED) is 0.618. The standard InChI is InChI=1S/C10H23N3O3S/c1-5-17(15,16)8-9(2)11-6-7-12-10(14)13(3)4/h9,11H,5-8H2,1-4H3,(H,12,14). The van der Waals surface area contributed by atoms with Crippen LogP contribution in [0.4, 0.5) is 4.79 Å². The van der Waals surface area contributed by atoms with Crippen molar-refractivity contribution >= 4 is 15.9 Å². The van der Waals surface area contributed by atoms with E-state index in [9.17, 15) is 13.2 Å². The van der Waals surface area contributed by atoms with E-state index in [1.165, 1.54) is 4.90 Å². The Hall–Kier alpha value is -0.820. The first kappa shape index (κ1) is 16.2. The highest BCUT2D eigenvalue weighted by molar-refractivity contribution is 7.91. The number of carbonyl (C=O) groups excluding carboxylic acids is 1. The lowest BCUT2D eigenvalue weighted by molar-refractivity contribution is 0.217. The molecule has 0 spiro atoms. The fourth-order valence-electron chi connectivity index (χ4n) is 1.20. The van der Waals surface area contributed by atoms with Crippen LogP contribution in [0.2, 0.25) is 0 Å². The zero-order valence-electron chi connectivity index (χ0n) is 11.0. The summed E-state index contributed by atoms with van der Waals surface area (Å²) < 4.78 is 22.6. The molecule has 0 aromatic carbocycles. The summed E-state index contributed by atoms with van der Waals surface area (Å²) in [5.74, 6) is 0.293. The Bertz CT molecular complexity index is 328. The van der Waals surface area contributed by atoms with E-state index in [2.05, 4.69) is 10.6 Å². The molecule has 0 rings (SSSR count). The van der Waals surface area contributed by atoms with Crippen molar-refractivity contribution in [2.24, 2.45) is 0 Å². The number of urea groups is 1.